The van der Waals surface area contributed by atoms with Crippen LogP contribution in [0, 0.1) is 0 Å². The summed E-state index contributed by atoms with van der Waals surface area (Å²) in [6.45, 7) is 0. The Balaban J connectivity index is 1.61. The van der Waals surface area contributed by atoms with Gasteiger partial charge in [-0.3, -0.25) is 4.79 Å². The number of allylic oxidation sites excluding steroid dienone is 1. The summed E-state index contributed by atoms with van der Waals surface area (Å²) in [6, 6.07) is 27.4. The van der Waals surface area contributed by atoms with Crippen LogP contribution >= 0.6 is 0 Å². The van der Waals surface area contributed by atoms with Crippen LogP contribution in [-0.4, -0.2) is 16.5 Å². The minimum Gasteiger partial charge on any atom is -0.475 e. The monoisotopic (exact) mass is 398 g/mol. The molecule has 0 aliphatic heterocycles. The maximum atomic E-state index is 13.4. The first-order chi connectivity index (χ1) is 14.7. The maximum absolute atomic E-state index is 13.4. The molecule has 0 amide bonds. The Hall–Kier alpha value is -3.63. The molecule has 0 saturated heterocycles. The summed E-state index contributed by atoms with van der Waals surface area (Å²) >= 11 is 0. The normalized spacial score (nSPS) is 18.9. The molecule has 2 atom stereocenters. The Morgan fingerprint density at radius 1 is 0.833 bits per heavy atom. The molecule has 30 heavy (non-hydrogen) atoms. The van der Waals surface area contributed by atoms with Gasteiger partial charge in [0.1, 0.15) is 23.4 Å². The summed E-state index contributed by atoms with van der Waals surface area (Å²) in [4.78, 5) is 13.4. The second-order valence-corrected chi connectivity index (χ2v) is 7.04. The Morgan fingerprint density at radius 2 is 1.40 bits per heavy atom. The van der Waals surface area contributed by atoms with E-state index in [2.05, 4.69) is 0 Å². The zero-order valence-corrected chi connectivity index (χ0v) is 16.3. The predicted molar refractivity (Wildman–Crippen MR) is 115 cm³/mol. The molecule has 0 heterocycles. The summed E-state index contributed by atoms with van der Waals surface area (Å²) in [5.41, 5.74) is -0.803. The van der Waals surface area contributed by atoms with Gasteiger partial charge in [-0.2, -0.15) is 0 Å². The van der Waals surface area contributed by atoms with E-state index in [1.54, 1.807) is 48.6 Å². The Bertz CT molecular complexity index is 1040. The molecule has 4 nitrogen and oxygen atoms in total. The lowest BCUT2D eigenvalue weighted by atomic mass is 9.85. The van der Waals surface area contributed by atoms with Gasteiger partial charge >= 0.3 is 0 Å². The summed E-state index contributed by atoms with van der Waals surface area (Å²) in [5, 5.41) is 10.8. The number of hydrogen-bond donors (Lipinski definition) is 1. The minimum atomic E-state index is -1.33. The second-order valence-electron chi connectivity index (χ2n) is 7.04. The lowest BCUT2D eigenvalue weighted by molar-refractivity contribution is -0.139. The third kappa shape index (κ3) is 4.34. The first kappa shape index (κ1) is 19.7. The summed E-state index contributed by atoms with van der Waals surface area (Å²) < 4.78 is 12.0. The zero-order valence-electron chi connectivity index (χ0n) is 16.3. The molecule has 0 bridgehead atoms. The molecular weight excluding hydrogens is 376 g/mol. The lowest BCUT2D eigenvalue weighted by Gasteiger charge is -2.33. The van der Waals surface area contributed by atoms with E-state index in [1.165, 1.54) is 0 Å². The average Bonchev–Trinajstić information content (AvgIpc) is 2.81. The standard InChI is InChI=1S/C26H22O4/c27-24(20-10-4-1-5-11-20)25(28)26(30-23-14-8-3-9-15-23)18-16-22(17-19-26)29-21-12-6-2-7-13-21/h1-18,24,27H,19H2. The number of ether oxygens (including phenoxy) is 2. The van der Waals surface area contributed by atoms with Gasteiger partial charge in [-0.05, 0) is 48.1 Å². The molecule has 150 valence electrons. The average molecular weight is 398 g/mol. The number of carbonyl (C=O) groups excluding carboxylic acids is 1. The van der Waals surface area contributed by atoms with Gasteiger partial charge in [-0.1, -0.05) is 66.7 Å². The largest absolute Gasteiger partial charge is 0.475 e. The van der Waals surface area contributed by atoms with Crippen molar-refractivity contribution in [1.29, 1.82) is 0 Å². The van der Waals surface area contributed by atoms with E-state index in [0.717, 1.165) is 0 Å². The van der Waals surface area contributed by atoms with E-state index < -0.39 is 17.5 Å². The fourth-order valence-electron chi connectivity index (χ4n) is 3.33. The molecule has 1 aliphatic carbocycles. The van der Waals surface area contributed by atoms with Crippen molar-refractivity contribution in [2.75, 3.05) is 0 Å². The molecule has 0 fully saturated rings. The molecule has 4 heteroatoms. The number of benzene rings is 3. The highest BCUT2D eigenvalue weighted by molar-refractivity contribution is 5.94. The fraction of sp³-hybridized carbons (Fsp3) is 0.115. The Labute approximate surface area is 175 Å². The van der Waals surface area contributed by atoms with E-state index >= 15 is 0 Å². The molecule has 0 aromatic heterocycles. The smallest absolute Gasteiger partial charge is 0.213 e. The van der Waals surface area contributed by atoms with E-state index in [9.17, 15) is 9.90 Å². The van der Waals surface area contributed by atoms with E-state index in [4.69, 9.17) is 9.47 Å². The van der Waals surface area contributed by atoms with Gasteiger partial charge in [-0.25, -0.2) is 0 Å². The summed E-state index contributed by atoms with van der Waals surface area (Å²) in [7, 11) is 0. The van der Waals surface area contributed by atoms with Crippen molar-refractivity contribution in [1.82, 2.24) is 0 Å². The predicted octanol–water partition coefficient (Wildman–Crippen LogP) is 5.03. The van der Waals surface area contributed by atoms with Gasteiger partial charge in [0.2, 0.25) is 5.78 Å². The molecule has 0 saturated carbocycles. The topological polar surface area (TPSA) is 55.8 Å². The van der Waals surface area contributed by atoms with Gasteiger partial charge < -0.3 is 14.6 Å². The molecule has 1 N–H and O–H groups in total. The van der Waals surface area contributed by atoms with Crippen LogP contribution in [0.2, 0.25) is 0 Å². The number of Topliss-reactive ketones (excluding diaryl/α,β-unsaturated/α-hetero) is 1. The van der Waals surface area contributed by atoms with Crippen LogP contribution in [0.5, 0.6) is 11.5 Å². The highest BCUT2D eigenvalue weighted by Gasteiger charge is 2.43. The molecule has 1 aliphatic rings. The Morgan fingerprint density at radius 3 is 1.97 bits per heavy atom. The zero-order chi connectivity index (χ0) is 20.8. The van der Waals surface area contributed by atoms with Gasteiger partial charge in [0.05, 0.1) is 0 Å². The fourth-order valence-corrected chi connectivity index (χ4v) is 3.33. The van der Waals surface area contributed by atoms with Crippen molar-refractivity contribution < 1.29 is 19.4 Å². The van der Waals surface area contributed by atoms with Crippen molar-refractivity contribution in [3.63, 3.8) is 0 Å². The van der Waals surface area contributed by atoms with Crippen molar-refractivity contribution in [3.8, 4) is 11.5 Å². The van der Waals surface area contributed by atoms with Gasteiger partial charge in [0.25, 0.3) is 0 Å². The number of para-hydroxylation sites is 2. The molecule has 3 aromatic rings. The SMILES string of the molecule is O=C(C(O)c1ccccc1)C1(Oc2ccccc2)C=CC(Oc2ccccc2)=CC1. The van der Waals surface area contributed by atoms with E-state index in [1.807, 2.05) is 60.7 Å². The van der Waals surface area contributed by atoms with Gasteiger partial charge in [0.15, 0.2) is 5.60 Å². The van der Waals surface area contributed by atoms with Gasteiger partial charge in [-0.15, -0.1) is 0 Å². The van der Waals surface area contributed by atoms with Crippen molar-refractivity contribution in [2.24, 2.45) is 0 Å². The van der Waals surface area contributed by atoms with E-state index in [0.29, 0.717) is 22.8 Å². The highest BCUT2D eigenvalue weighted by Crippen LogP contribution is 2.33. The number of carbonyl (C=O) groups is 1. The van der Waals surface area contributed by atoms with Gasteiger partial charge in [0, 0.05) is 6.42 Å². The summed E-state index contributed by atoms with van der Waals surface area (Å²) in [5.74, 6) is 1.46. The van der Waals surface area contributed by atoms with Crippen molar-refractivity contribution >= 4 is 5.78 Å². The van der Waals surface area contributed by atoms with Crippen LogP contribution in [0.1, 0.15) is 18.1 Å². The van der Waals surface area contributed by atoms with Crippen LogP contribution in [0.4, 0.5) is 0 Å². The number of aliphatic hydroxyl groups excluding tert-OH is 1. The second kappa shape index (κ2) is 8.80. The molecule has 2 unspecified atom stereocenters. The first-order valence-electron chi connectivity index (χ1n) is 9.80. The summed E-state index contributed by atoms with van der Waals surface area (Å²) in [6.07, 6.45) is 4.14. The van der Waals surface area contributed by atoms with Crippen LogP contribution in [-0.2, 0) is 4.79 Å². The van der Waals surface area contributed by atoms with Crippen molar-refractivity contribution in [2.45, 2.75) is 18.1 Å². The number of hydrogen-bond acceptors (Lipinski definition) is 4. The highest BCUT2D eigenvalue weighted by atomic mass is 16.5. The third-order valence-electron chi connectivity index (χ3n) is 4.93. The quantitative estimate of drug-likeness (QED) is 0.606. The van der Waals surface area contributed by atoms with Crippen LogP contribution in [0.3, 0.4) is 0 Å². The number of ketones is 1. The van der Waals surface area contributed by atoms with Crippen LogP contribution < -0.4 is 9.47 Å². The molecule has 0 spiro atoms. The molecule has 4 rings (SSSR count). The number of aliphatic hydroxyl groups is 1. The number of rotatable bonds is 7. The van der Waals surface area contributed by atoms with Crippen LogP contribution in [0.15, 0.2) is 115 Å². The van der Waals surface area contributed by atoms with E-state index in [-0.39, 0.29) is 6.42 Å². The lowest BCUT2D eigenvalue weighted by Crippen LogP contribution is -2.46. The molecule has 0 radical (unpaired) electrons. The Kier molecular flexibility index (Phi) is 5.77. The third-order valence-corrected chi connectivity index (χ3v) is 4.93. The molecule has 3 aromatic carbocycles. The minimum absolute atomic E-state index is 0.239. The van der Waals surface area contributed by atoms with Crippen molar-refractivity contribution in [3.05, 3.63) is 121 Å². The maximum Gasteiger partial charge on any atom is 0.213 e. The first-order valence-corrected chi connectivity index (χ1v) is 9.80. The van der Waals surface area contributed by atoms with Crippen LogP contribution in [0.25, 0.3) is 0 Å². The molecular formula is C26H22O4.